The van der Waals surface area contributed by atoms with Gasteiger partial charge in [0.05, 0.1) is 12.3 Å². The van der Waals surface area contributed by atoms with Crippen LogP contribution in [0, 0.1) is 0 Å². The Balaban J connectivity index is 2.31. The number of hydrogen-bond donors (Lipinski definition) is 2. The van der Waals surface area contributed by atoms with Gasteiger partial charge >= 0.3 is 11.7 Å². The topological polar surface area (TPSA) is 92.3 Å². The molecule has 0 aliphatic carbocycles. The molecule has 0 saturated carbocycles. The molecule has 2 rings (SSSR count). The summed E-state index contributed by atoms with van der Waals surface area (Å²) in [5, 5.41) is 8.91. The molecule has 0 bridgehead atoms. The second kappa shape index (κ2) is 6.12. The number of aromatic nitrogens is 2. The van der Waals surface area contributed by atoms with E-state index in [1.807, 2.05) is 12.1 Å². The highest BCUT2D eigenvalue weighted by molar-refractivity contribution is 5.86. The summed E-state index contributed by atoms with van der Waals surface area (Å²) in [4.78, 5) is 28.2. The molecule has 0 aliphatic heterocycles. The van der Waals surface area contributed by atoms with Crippen molar-refractivity contribution in [2.75, 3.05) is 13.7 Å². The monoisotopic (exact) mass is 274 g/mol. The Labute approximate surface area is 115 Å². The minimum Gasteiger partial charge on any atom is -0.477 e. The number of aromatic carboxylic acids is 1. The van der Waals surface area contributed by atoms with Gasteiger partial charge in [-0.3, -0.25) is 4.98 Å². The van der Waals surface area contributed by atoms with Crippen molar-refractivity contribution in [2.24, 2.45) is 0 Å². The Hall–Kier alpha value is -2.47. The molecule has 0 saturated heterocycles. The molecule has 2 N–H and O–H groups in total. The summed E-state index contributed by atoms with van der Waals surface area (Å²) in [6, 6.07) is 8.75. The normalized spacial score (nSPS) is 10.4. The van der Waals surface area contributed by atoms with Crippen molar-refractivity contribution in [1.82, 2.24) is 9.97 Å². The van der Waals surface area contributed by atoms with Crippen LogP contribution in [0.15, 0.2) is 35.1 Å². The summed E-state index contributed by atoms with van der Waals surface area (Å²) >= 11 is 0. The van der Waals surface area contributed by atoms with Crippen molar-refractivity contribution >= 4 is 5.97 Å². The Morgan fingerprint density at radius 2 is 2.05 bits per heavy atom. The van der Waals surface area contributed by atoms with Crippen LogP contribution in [0.4, 0.5) is 0 Å². The molecule has 0 amide bonds. The number of rotatable bonds is 5. The van der Waals surface area contributed by atoms with Gasteiger partial charge in [0.2, 0.25) is 0 Å². The van der Waals surface area contributed by atoms with Crippen molar-refractivity contribution in [3.63, 3.8) is 0 Å². The smallest absolute Gasteiger partial charge is 0.352 e. The number of H-pyrrole nitrogens is 1. The molecule has 1 aromatic heterocycles. The average molecular weight is 274 g/mol. The van der Waals surface area contributed by atoms with E-state index in [-0.39, 0.29) is 5.69 Å². The minimum atomic E-state index is -1.19. The van der Waals surface area contributed by atoms with Crippen LogP contribution in [0.25, 0.3) is 11.3 Å². The van der Waals surface area contributed by atoms with Gasteiger partial charge in [0.25, 0.3) is 0 Å². The standard InChI is InChI=1S/C14H14N2O4/c1-20-7-6-9-2-4-10(5-3-9)11-8-12(13(17)18)16-14(19)15-11/h2-5,8H,6-7H2,1H3,(H,17,18)(H,15,16,19). The van der Waals surface area contributed by atoms with E-state index < -0.39 is 11.7 Å². The zero-order chi connectivity index (χ0) is 14.5. The summed E-state index contributed by atoms with van der Waals surface area (Å²) in [6.07, 6.45) is 0.792. The van der Waals surface area contributed by atoms with Crippen molar-refractivity contribution in [3.8, 4) is 11.3 Å². The molecule has 104 valence electrons. The maximum absolute atomic E-state index is 11.4. The van der Waals surface area contributed by atoms with E-state index in [1.165, 1.54) is 6.07 Å². The second-order valence-electron chi connectivity index (χ2n) is 4.23. The van der Waals surface area contributed by atoms with E-state index in [9.17, 15) is 9.59 Å². The molecule has 2 aromatic rings. The molecule has 1 heterocycles. The van der Waals surface area contributed by atoms with Gasteiger partial charge in [0.15, 0.2) is 0 Å². The number of carboxylic acid groups (broad SMARTS) is 1. The van der Waals surface area contributed by atoms with E-state index in [1.54, 1.807) is 19.2 Å². The van der Waals surface area contributed by atoms with E-state index in [0.717, 1.165) is 12.0 Å². The van der Waals surface area contributed by atoms with Gasteiger partial charge in [-0.1, -0.05) is 24.3 Å². The first-order valence-corrected chi connectivity index (χ1v) is 6.03. The molecule has 6 heteroatoms. The number of aromatic amines is 1. The fraction of sp³-hybridized carbons (Fsp3) is 0.214. The molecule has 1 aromatic carbocycles. The average Bonchev–Trinajstić information content (AvgIpc) is 2.45. The van der Waals surface area contributed by atoms with Crippen LogP contribution in [-0.4, -0.2) is 34.8 Å². The summed E-state index contributed by atoms with van der Waals surface area (Å²) in [6.45, 7) is 0.631. The van der Waals surface area contributed by atoms with Crippen LogP contribution in [0.2, 0.25) is 0 Å². The molecular weight excluding hydrogens is 260 g/mol. The summed E-state index contributed by atoms with van der Waals surface area (Å²) < 4.78 is 5.00. The van der Waals surface area contributed by atoms with E-state index in [0.29, 0.717) is 17.9 Å². The van der Waals surface area contributed by atoms with Crippen LogP contribution in [0.1, 0.15) is 16.1 Å². The van der Waals surface area contributed by atoms with Gasteiger partial charge < -0.3 is 9.84 Å². The van der Waals surface area contributed by atoms with Crippen LogP contribution in [-0.2, 0) is 11.2 Å². The van der Waals surface area contributed by atoms with Crippen LogP contribution in [0.5, 0.6) is 0 Å². The number of benzene rings is 1. The van der Waals surface area contributed by atoms with E-state index in [4.69, 9.17) is 9.84 Å². The van der Waals surface area contributed by atoms with Crippen LogP contribution in [0.3, 0.4) is 0 Å². The zero-order valence-corrected chi connectivity index (χ0v) is 10.9. The molecule has 20 heavy (non-hydrogen) atoms. The van der Waals surface area contributed by atoms with Gasteiger partial charge in [-0.25, -0.2) is 9.59 Å². The fourth-order valence-electron chi connectivity index (χ4n) is 1.78. The Kier molecular flexibility index (Phi) is 4.27. The predicted molar refractivity (Wildman–Crippen MR) is 72.8 cm³/mol. The third-order valence-corrected chi connectivity index (χ3v) is 2.82. The number of nitrogens with one attached hydrogen (secondary N) is 1. The van der Waals surface area contributed by atoms with Crippen molar-refractivity contribution in [1.29, 1.82) is 0 Å². The number of nitrogens with zero attached hydrogens (tertiary/aromatic N) is 1. The number of ether oxygens (including phenoxy) is 1. The molecule has 0 aliphatic rings. The highest BCUT2D eigenvalue weighted by atomic mass is 16.5. The third kappa shape index (κ3) is 3.30. The maximum Gasteiger partial charge on any atom is 0.352 e. The van der Waals surface area contributed by atoms with Crippen molar-refractivity contribution in [3.05, 3.63) is 52.1 Å². The SMILES string of the molecule is COCCc1ccc(-c2cc(C(=O)O)[nH]c(=O)n2)cc1. The lowest BCUT2D eigenvalue weighted by atomic mass is 10.1. The molecule has 6 nitrogen and oxygen atoms in total. The fourth-order valence-corrected chi connectivity index (χ4v) is 1.78. The molecule has 0 atom stereocenters. The number of carbonyl (C=O) groups is 1. The lowest BCUT2D eigenvalue weighted by Gasteiger charge is -2.04. The van der Waals surface area contributed by atoms with Gasteiger partial charge in [0, 0.05) is 12.7 Å². The van der Waals surface area contributed by atoms with Crippen LogP contribution >= 0.6 is 0 Å². The second-order valence-corrected chi connectivity index (χ2v) is 4.23. The Bertz CT molecular complexity index is 662. The highest BCUT2D eigenvalue weighted by Gasteiger charge is 2.08. The number of carboxylic acids is 1. The van der Waals surface area contributed by atoms with Crippen molar-refractivity contribution < 1.29 is 14.6 Å². The first-order valence-electron chi connectivity index (χ1n) is 6.03. The number of methoxy groups -OCH3 is 1. The van der Waals surface area contributed by atoms with Crippen molar-refractivity contribution in [2.45, 2.75) is 6.42 Å². The molecular formula is C14H14N2O4. The molecule has 0 fully saturated rings. The number of hydrogen-bond acceptors (Lipinski definition) is 4. The largest absolute Gasteiger partial charge is 0.477 e. The third-order valence-electron chi connectivity index (χ3n) is 2.82. The van der Waals surface area contributed by atoms with E-state index >= 15 is 0 Å². The minimum absolute atomic E-state index is 0.177. The first-order chi connectivity index (χ1) is 9.60. The quantitative estimate of drug-likeness (QED) is 0.858. The summed E-state index contributed by atoms with van der Waals surface area (Å²) in [7, 11) is 1.64. The highest BCUT2D eigenvalue weighted by Crippen LogP contribution is 2.17. The van der Waals surface area contributed by atoms with Gasteiger partial charge in [-0.2, -0.15) is 4.98 Å². The lowest BCUT2D eigenvalue weighted by Crippen LogP contribution is -2.16. The predicted octanol–water partition coefficient (Wildman–Crippen LogP) is 1.32. The Morgan fingerprint density at radius 3 is 2.65 bits per heavy atom. The zero-order valence-electron chi connectivity index (χ0n) is 10.9. The van der Waals surface area contributed by atoms with E-state index in [2.05, 4.69) is 9.97 Å². The maximum atomic E-state index is 11.4. The first kappa shape index (κ1) is 14.0. The molecule has 0 radical (unpaired) electrons. The summed E-state index contributed by atoms with van der Waals surface area (Å²) in [5.41, 5.74) is 1.27. The Morgan fingerprint density at radius 1 is 1.35 bits per heavy atom. The lowest BCUT2D eigenvalue weighted by molar-refractivity contribution is 0.0690. The molecule has 0 spiro atoms. The molecule has 0 unspecified atom stereocenters. The van der Waals surface area contributed by atoms with Crippen LogP contribution < -0.4 is 5.69 Å². The van der Waals surface area contributed by atoms with Gasteiger partial charge in [0.1, 0.15) is 5.69 Å². The summed E-state index contributed by atoms with van der Waals surface area (Å²) in [5.74, 6) is -1.19. The van der Waals surface area contributed by atoms with Gasteiger partial charge in [-0.05, 0) is 18.1 Å². The van der Waals surface area contributed by atoms with Gasteiger partial charge in [-0.15, -0.1) is 0 Å².